The van der Waals surface area contributed by atoms with Gasteiger partial charge in [0.05, 0.1) is 26.6 Å². The molecule has 2 rings (SSSR count). The number of carbonyl (C=O) groups is 2. The summed E-state index contributed by atoms with van der Waals surface area (Å²) in [6, 6.07) is 1.71. The first-order chi connectivity index (χ1) is 10.2. The van der Waals surface area contributed by atoms with Crippen LogP contribution in [-0.2, 0) is 20.8 Å². The average molecular weight is 296 g/mol. The normalized spacial score (nSPS) is 15.0. The highest BCUT2D eigenvalue weighted by atomic mass is 16.5. The zero-order valence-corrected chi connectivity index (χ0v) is 12.1. The van der Waals surface area contributed by atoms with Gasteiger partial charge in [-0.1, -0.05) is 0 Å². The third-order valence-corrected chi connectivity index (χ3v) is 3.31. The van der Waals surface area contributed by atoms with Gasteiger partial charge in [0.1, 0.15) is 0 Å². The highest BCUT2D eigenvalue weighted by Crippen LogP contribution is 2.11. The van der Waals surface area contributed by atoms with Crippen LogP contribution in [0.3, 0.4) is 0 Å². The molecule has 2 heterocycles. The van der Waals surface area contributed by atoms with Crippen molar-refractivity contribution in [1.29, 1.82) is 0 Å². The largest absolute Gasteiger partial charge is 0.463 e. The molecule has 7 nitrogen and oxygen atoms in total. The number of morpholine rings is 1. The Morgan fingerprint density at radius 1 is 1.38 bits per heavy atom. The van der Waals surface area contributed by atoms with E-state index in [-0.39, 0.29) is 11.7 Å². The fraction of sp³-hybridized carbons (Fsp3) is 0.571. The predicted molar refractivity (Wildman–Crippen MR) is 73.8 cm³/mol. The van der Waals surface area contributed by atoms with Gasteiger partial charge in [-0.15, -0.1) is 0 Å². The molecule has 1 fully saturated rings. The molecule has 1 aliphatic rings. The Kier molecular flexibility index (Phi) is 5.77. The SMILES string of the molecule is COC(=O)c1occc1CNCCC(=O)N1CCOCC1. The fourth-order valence-electron chi connectivity index (χ4n) is 2.14. The van der Waals surface area contributed by atoms with E-state index in [1.54, 1.807) is 6.07 Å². The number of methoxy groups -OCH3 is 1. The first-order valence-electron chi connectivity index (χ1n) is 6.93. The second kappa shape index (κ2) is 7.80. The molecule has 0 unspecified atom stereocenters. The minimum absolute atomic E-state index is 0.117. The van der Waals surface area contributed by atoms with Crippen molar-refractivity contribution >= 4 is 11.9 Å². The van der Waals surface area contributed by atoms with Gasteiger partial charge in [0.15, 0.2) is 0 Å². The number of amides is 1. The Morgan fingerprint density at radius 3 is 2.86 bits per heavy atom. The molecule has 1 aromatic heterocycles. The van der Waals surface area contributed by atoms with Crippen molar-refractivity contribution < 1.29 is 23.5 Å². The van der Waals surface area contributed by atoms with Gasteiger partial charge in [-0.05, 0) is 6.07 Å². The van der Waals surface area contributed by atoms with Gasteiger partial charge in [-0.25, -0.2) is 4.79 Å². The first kappa shape index (κ1) is 15.5. The Labute approximate surface area is 123 Å². The van der Waals surface area contributed by atoms with Crippen LogP contribution in [0, 0.1) is 0 Å². The molecular formula is C14H20N2O5. The van der Waals surface area contributed by atoms with Crippen LogP contribution in [0.25, 0.3) is 0 Å². The number of nitrogens with zero attached hydrogens (tertiary/aromatic N) is 1. The summed E-state index contributed by atoms with van der Waals surface area (Å²) in [6.07, 6.45) is 1.87. The van der Waals surface area contributed by atoms with Crippen molar-refractivity contribution in [1.82, 2.24) is 10.2 Å². The van der Waals surface area contributed by atoms with E-state index in [0.29, 0.717) is 45.8 Å². The third-order valence-electron chi connectivity index (χ3n) is 3.31. The zero-order valence-electron chi connectivity index (χ0n) is 12.1. The van der Waals surface area contributed by atoms with Crippen LogP contribution in [0.15, 0.2) is 16.7 Å². The minimum Gasteiger partial charge on any atom is -0.463 e. The molecule has 0 radical (unpaired) electrons. The molecule has 0 atom stereocenters. The van der Waals surface area contributed by atoms with Gasteiger partial charge < -0.3 is 24.1 Å². The number of ether oxygens (including phenoxy) is 2. The molecule has 0 aliphatic carbocycles. The summed E-state index contributed by atoms with van der Waals surface area (Å²) in [7, 11) is 1.31. The van der Waals surface area contributed by atoms with E-state index < -0.39 is 5.97 Å². The number of hydrogen-bond acceptors (Lipinski definition) is 6. The van der Waals surface area contributed by atoms with Crippen LogP contribution in [0.4, 0.5) is 0 Å². The maximum atomic E-state index is 11.9. The summed E-state index contributed by atoms with van der Waals surface area (Å²) in [5, 5.41) is 3.13. The van der Waals surface area contributed by atoms with Crippen LogP contribution in [-0.4, -0.2) is 56.7 Å². The topological polar surface area (TPSA) is 81.0 Å². The highest BCUT2D eigenvalue weighted by Gasteiger charge is 2.17. The van der Waals surface area contributed by atoms with E-state index >= 15 is 0 Å². The van der Waals surface area contributed by atoms with Crippen molar-refractivity contribution in [3.05, 3.63) is 23.7 Å². The van der Waals surface area contributed by atoms with Crippen molar-refractivity contribution in [2.24, 2.45) is 0 Å². The van der Waals surface area contributed by atoms with Crippen LogP contribution >= 0.6 is 0 Å². The molecule has 0 saturated carbocycles. The maximum absolute atomic E-state index is 11.9. The van der Waals surface area contributed by atoms with Crippen molar-refractivity contribution in [3.8, 4) is 0 Å². The molecule has 116 valence electrons. The Hall–Kier alpha value is -1.86. The van der Waals surface area contributed by atoms with E-state index in [0.717, 1.165) is 5.56 Å². The lowest BCUT2D eigenvalue weighted by atomic mass is 10.2. The van der Waals surface area contributed by atoms with Gasteiger partial charge >= 0.3 is 5.97 Å². The van der Waals surface area contributed by atoms with E-state index in [1.807, 2.05) is 4.90 Å². The number of esters is 1. The molecule has 7 heteroatoms. The molecule has 0 aromatic carbocycles. The molecule has 0 spiro atoms. The second-order valence-electron chi connectivity index (χ2n) is 4.69. The standard InChI is InChI=1S/C14H20N2O5/c1-19-14(18)13-11(3-7-21-13)10-15-4-2-12(17)16-5-8-20-9-6-16/h3,7,15H,2,4-6,8-10H2,1H3. The van der Waals surface area contributed by atoms with Crippen molar-refractivity contribution in [2.75, 3.05) is 40.0 Å². The van der Waals surface area contributed by atoms with Crippen molar-refractivity contribution in [3.63, 3.8) is 0 Å². The minimum atomic E-state index is -0.499. The fourth-order valence-corrected chi connectivity index (χ4v) is 2.14. The summed E-state index contributed by atoms with van der Waals surface area (Å²) in [5.41, 5.74) is 0.723. The Bertz CT molecular complexity index is 479. The molecule has 1 N–H and O–H groups in total. The summed E-state index contributed by atoms with van der Waals surface area (Å²) < 4.78 is 14.9. The van der Waals surface area contributed by atoms with Gasteiger partial charge in [-0.2, -0.15) is 0 Å². The maximum Gasteiger partial charge on any atom is 0.374 e. The first-order valence-corrected chi connectivity index (χ1v) is 6.93. The quantitative estimate of drug-likeness (QED) is 0.605. The van der Waals surface area contributed by atoms with Gasteiger partial charge in [-0.3, -0.25) is 4.79 Å². The second-order valence-corrected chi connectivity index (χ2v) is 4.69. The molecule has 1 saturated heterocycles. The van der Waals surface area contributed by atoms with E-state index in [9.17, 15) is 9.59 Å². The van der Waals surface area contributed by atoms with Gasteiger partial charge in [0.25, 0.3) is 0 Å². The molecule has 0 bridgehead atoms. The molecule has 21 heavy (non-hydrogen) atoms. The number of furan rings is 1. The van der Waals surface area contributed by atoms with Gasteiger partial charge in [0, 0.05) is 38.2 Å². The monoisotopic (exact) mass is 296 g/mol. The summed E-state index contributed by atoms with van der Waals surface area (Å²) in [6.45, 7) is 3.53. The van der Waals surface area contributed by atoms with E-state index in [1.165, 1.54) is 13.4 Å². The number of nitrogens with one attached hydrogen (secondary N) is 1. The van der Waals surface area contributed by atoms with E-state index in [2.05, 4.69) is 10.1 Å². The average Bonchev–Trinajstić information content (AvgIpc) is 3.00. The Balaban J connectivity index is 1.71. The third kappa shape index (κ3) is 4.30. The van der Waals surface area contributed by atoms with Crippen LogP contribution < -0.4 is 5.32 Å². The lowest BCUT2D eigenvalue weighted by molar-refractivity contribution is -0.135. The van der Waals surface area contributed by atoms with Crippen LogP contribution in [0.2, 0.25) is 0 Å². The lowest BCUT2D eigenvalue weighted by Crippen LogP contribution is -2.41. The predicted octanol–water partition coefficient (Wildman–Crippen LogP) is 0.405. The van der Waals surface area contributed by atoms with Crippen molar-refractivity contribution in [2.45, 2.75) is 13.0 Å². The zero-order chi connectivity index (χ0) is 15.1. The molecule has 1 amide bonds. The molecule has 1 aromatic rings. The van der Waals surface area contributed by atoms with Gasteiger partial charge in [0.2, 0.25) is 11.7 Å². The lowest BCUT2D eigenvalue weighted by Gasteiger charge is -2.26. The highest BCUT2D eigenvalue weighted by molar-refractivity contribution is 5.87. The van der Waals surface area contributed by atoms with Crippen LogP contribution in [0.1, 0.15) is 22.5 Å². The smallest absolute Gasteiger partial charge is 0.374 e. The summed E-state index contributed by atoms with van der Waals surface area (Å²) in [5.74, 6) is -0.183. The summed E-state index contributed by atoms with van der Waals surface area (Å²) in [4.78, 5) is 25.2. The Morgan fingerprint density at radius 2 is 2.14 bits per heavy atom. The summed E-state index contributed by atoms with van der Waals surface area (Å²) >= 11 is 0. The number of rotatable bonds is 6. The number of carbonyl (C=O) groups excluding carboxylic acids is 2. The number of hydrogen-bond donors (Lipinski definition) is 1. The molecule has 1 aliphatic heterocycles. The van der Waals surface area contributed by atoms with E-state index in [4.69, 9.17) is 9.15 Å². The molecular weight excluding hydrogens is 276 g/mol. The van der Waals surface area contributed by atoms with Crippen LogP contribution in [0.5, 0.6) is 0 Å².